The fraction of sp³-hybridized carbons (Fsp3) is 0.500. The largest absolute Gasteiger partial charge is 0.512 e. The number of allylic oxidation sites excluding steroid dienone is 2. The summed E-state index contributed by atoms with van der Waals surface area (Å²) in [7, 11) is 0. The molecule has 0 aliphatic heterocycles. The molecule has 0 bridgehead atoms. The van der Waals surface area contributed by atoms with Gasteiger partial charge in [0.15, 0.2) is 0 Å². The first-order valence-electron chi connectivity index (χ1n) is 17.2. The standard InChI is InChI=1S/C40H52N2O6/c1-23-17-25(3)35(26(4)18-23)37(41-21-33(29(7)43)39(45)47-31-13-9-10-14-31)38(36-27(5)19-24(2)20-28(36)6)42-22-34(30(8)44)40(46)48-32-15-11-12-16-32/h17-22,31-32,37-38,43-44H,9-16H2,1-8H3/t37-,38-/m0/s1. The van der Waals surface area contributed by atoms with Gasteiger partial charge in [-0.05, 0) is 140 Å². The number of hydrogen-bond donors (Lipinski definition) is 2. The highest BCUT2D eigenvalue weighted by atomic mass is 16.5. The Morgan fingerprint density at radius 2 is 0.917 bits per heavy atom. The monoisotopic (exact) mass is 656 g/mol. The lowest BCUT2D eigenvalue weighted by atomic mass is 9.84. The quantitative estimate of drug-likeness (QED) is 0.108. The number of aliphatic hydroxyl groups excluding tert-OH is 2. The number of carbonyl (C=O) groups is 2. The van der Waals surface area contributed by atoms with Crippen LogP contribution in [-0.4, -0.2) is 46.8 Å². The molecule has 0 unspecified atom stereocenters. The number of aryl methyl sites for hydroxylation is 6. The molecule has 2 saturated carbocycles. The predicted molar refractivity (Wildman–Crippen MR) is 191 cm³/mol. The Kier molecular flexibility index (Phi) is 12.4. The number of hydrogen-bond acceptors (Lipinski definition) is 8. The van der Waals surface area contributed by atoms with Crippen LogP contribution in [-0.2, 0) is 19.1 Å². The van der Waals surface area contributed by atoms with Gasteiger partial charge in [0.2, 0.25) is 0 Å². The third-order valence-corrected chi connectivity index (χ3v) is 9.47. The van der Waals surface area contributed by atoms with Crippen LogP contribution in [0.25, 0.3) is 0 Å². The molecule has 0 heterocycles. The molecule has 0 radical (unpaired) electrons. The molecule has 2 atom stereocenters. The zero-order valence-electron chi connectivity index (χ0n) is 29.9. The van der Waals surface area contributed by atoms with Crippen molar-refractivity contribution < 1.29 is 29.3 Å². The van der Waals surface area contributed by atoms with Crippen molar-refractivity contribution in [2.24, 2.45) is 9.98 Å². The summed E-state index contributed by atoms with van der Waals surface area (Å²) in [6.45, 7) is 15.1. The van der Waals surface area contributed by atoms with Crippen molar-refractivity contribution in [3.05, 3.63) is 91.4 Å². The van der Waals surface area contributed by atoms with Crippen LogP contribution in [0, 0.1) is 41.5 Å². The fourth-order valence-corrected chi connectivity index (χ4v) is 7.28. The second kappa shape index (κ2) is 16.3. The van der Waals surface area contributed by atoms with Crippen molar-refractivity contribution >= 4 is 24.4 Å². The van der Waals surface area contributed by atoms with Crippen molar-refractivity contribution in [3.63, 3.8) is 0 Å². The SMILES string of the molecule is CC(O)=C(C=N[C@@H](c1c(C)cc(C)cc1C)[C@@H](N=CC(C(=O)OC1CCCC1)=C(C)O)c1c(C)cc(C)cc1C)C(=O)OC1CCCC1. The van der Waals surface area contributed by atoms with Gasteiger partial charge >= 0.3 is 11.9 Å². The van der Waals surface area contributed by atoms with Gasteiger partial charge in [0.25, 0.3) is 0 Å². The maximum absolute atomic E-state index is 13.3. The number of ether oxygens (including phenoxy) is 2. The van der Waals surface area contributed by atoms with Gasteiger partial charge in [0, 0.05) is 12.4 Å². The van der Waals surface area contributed by atoms with E-state index < -0.39 is 24.0 Å². The van der Waals surface area contributed by atoms with E-state index in [1.807, 2.05) is 41.5 Å². The first kappa shape index (κ1) is 36.6. The van der Waals surface area contributed by atoms with E-state index in [4.69, 9.17) is 19.5 Å². The first-order valence-corrected chi connectivity index (χ1v) is 17.2. The molecule has 0 aromatic heterocycles. The Balaban J connectivity index is 1.89. The van der Waals surface area contributed by atoms with Crippen LogP contribution in [0.4, 0.5) is 0 Å². The molecule has 2 aromatic carbocycles. The van der Waals surface area contributed by atoms with Crippen LogP contribution in [0.3, 0.4) is 0 Å². The smallest absolute Gasteiger partial charge is 0.343 e. The van der Waals surface area contributed by atoms with Crippen molar-refractivity contribution in [2.45, 2.75) is 131 Å². The molecule has 0 amide bonds. The molecule has 2 aliphatic carbocycles. The minimum atomic E-state index is -0.679. The van der Waals surface area contributed by atoms with E-state index in [1.165, 1.54) is 26.3 Å². The number of aliphatic imine (C=N–C) groups is 2. The molecular formula is C40H52N2O6. The third kappa shape index (κ3) is 9.03. The Bertz CT molecular complexity index is 1460. The van der Waals surface area contributed by atoms with Crippen molar-refractivity contribution in [3.8, 4) is 0 Å². The summed E-state index contributed by atoms with van der Waals surface area (Å²) in [4.78, 5) is 36.7. The van der Waals surface area contributed by atoms with E-state index in [0.717, 1.165) is 95.9 Å². The topological polar surface area (TPSA) is 118 Å². The molecule has 4 rings (SSSR count). The van der Waals surface area contributed by atoms with Crippen LogP contribution >= 0.6 is 0 Å². The maximum atomic E-state index is 13.3. The normalized spacial score (nSPS) is 18.2. The summed E-state index contributed by atoms with van der Waals surface area (Å²) < 4.78 is 11.5. The molecule has 2 fully saturated rings. The fourth-order valence-electron chi connectivity index (χ4n) is 7.28. The van der Waals surface area contributed by atoms with Crippen molar-refractivity contribution in [1.29, 1.82) is 0 Å². The number of nitrogens with zero attached hydrogens (tertiary/aromatic N) is 2. The first-order chi connectivity index (χ1) is 22.8. The lowest BCUT2D eigenvalue weighted by molar-refractivity contribution is -0.144. The molecule has 258 valence electrons. The van der Waals surface area contributed by atoms with E-state index in [2.05, 4.69) is 24.3 Å². The van der Waals surface area contributed by atoms with Crippen molar-refractivity contribution in [1.82, 2.24) is 0 Å². The number of benzene rings is 2. The molecule has 8 heteroatoms. The Morgan fingerprint density at radius 1 is 0.625 bits per heavy atom. The zero-order chi connectivity index (χ0) is 35.1. The highest BCUT2D eigenvalue weighted by molar-refractivity contribution is 6.10. The van der Waals surface area contributed by atoms with E-state index in [1.54, 1.807) is 0 Å². The van der Waals surface area contributed by atoms with Crippen LogP contribution in [0.5, 0.6) is 0 Å². The van der Waals surface area contributed by atoms with E-state index >= 15 is 0 Å². The highest BCUT2D eigenvalue weighted by Crippen LogP contribution is 2.42. The highest BCUT2D eigenvalue weighted by Gasteiger charge is 2.31. The summed E-state index contributed by atoms with van der Waals surface area (Å²) in [6.07, 6.45) is 9.68. The minimum Gasteiger partial charge on any atom is -0.512 e. The van der Waals surface area contributed by atoms with Gasteiger partial charge in [-0.2, -0.15) is 0 Å². The summed E-state index contributed by atoms with van der Waals surface area (Å²) in [5.41, 5.74) is 7.97. The average Bonchev–Trinajstić information content (AvgIpc) is 3.69. The van der Waals surface area contributed by atoms with E-state index in [0.29, 0.717) is 0 Å². The van der Waals surface area contributed by atoms with Gasteiger partial charge in [-0.15, -0.1) is 0 Å². The molecule has 0 saturated heterocycles. The lowest BCUT2D eigenvalue weighted by Gasteiger charge is -2.28. The molecule has 2 N–H and O–H groups in total. The molecule has 0 spiro atoms. The van der Waals surface area contributed by atoms with E-state index in [-0.39, 0.29) is 34.9 Å². The Labute approximate surface area is 285 Å². The second-order valence-electron chi connectivity index (χ2n) is 13.7. The molecule has 2 aliphatic rings. The van der Waals surface area contributed by atoms with Crippen LogP contribution in [0.15, 0.2) is 56.9 Å². The van der Waals surface area contributed by atoms with Gasteiger partial charge in [-0.25, -0.2) is 9.59 Å². The van der Waals surface area contributed by atoms with Crippen molar-refractivity contribution in [2.75, 3.05) is 0 Å². The van der Waals surface area contributed by atoms with Crippen LogP contribution in [0.1, 0.15) is 122 Å². The summed E-state index contributed by atoms with van der Waals surface area (Å²) in [6, 6.07) is 7.00. The number of aliphatic hydroxyl groups is 2. The second-order valence-corrected chi connectivity index (χ2v) is 13.7. The minimum absolute atomic E-state index is 0.0127. The lowest BCUT2D eigenvalue weighted by Crippen LogP contribution is -2.20. The number of esters is 2. The van der Waals surface area contributed by atoms with Gasteiger partial charge in [0.1, 0.15) is 47.0 Å². The van der Waals surface area contributed by atoms with Gasteiger partial charge < -0.3 is 19.7 Å². The predicted octanol–water partition coefficient (Wildman–Crippen LogP) is 9.10. The molecular weight excluding hydrogens is 604 g/mol. The average molecular weight is 657 g/mol. The molecule has 8 nitrogen and oxygen atoms in total. The van der Waals surface area contributed by atoms with Gasteiger partial charge in [-0.1, -0.05) is 35.4 Å². The molecule has 2 aromatic rings. The molecule has 48 heavy (non-hydrogen) atoms. The Morgan fingerprint density at radius 3 is 1.19 bits per heavy atom. The van der Waals surface area contributed by atoms with Crippen LogP contribution < -0.4 is 0 Å². The summed E-state index contributed by atoms with van der Waals surface area (Å²) in [5.74, 6) is -1.59. The summed E-state index contributed by atoms with van der Waals surface area (Å²) in [5, 5.41) is 21.3. The Hall–Kier alpha value is -4.20. The van der Waals surface area contributed by atoms with E-state index in [9.17, 15) is 19.8 Å². The van der Waals surface area contributed by atoms with Gasteiger partial charge in [0.05, 0.1) is 0 Å². The zero-order valence-corrected chi connectivity index (χ0v) is 29.9. The number of carbonyl (C=O) groups excluding carboxylic acids is 2. The summed E-state index contributed by atoms with van der Waals surface area (Å²) >= 11 is 0. The third-order valence-electron chi connectivity index (χ3n) is 9.47. The number of rotatable bonds is 11. The van der Waals surface area contributed by atoms with Crippen LogP contribution in [0.2, 0.25) is 0 Å². The maximum Gasteiger partial charge on any atom is 0.343 e. The van der Waals surface area contributed by atoms with Gasteiger partial charge in [-0.3, -0.25) is 9.98 Å².